The first-order chi connectivity index (χ1) is 9.40. The molecule has 4 nitrogen and oxygen atoms in total. The van der Waals surface area contributed by atoms with Crippen molar-refractivity contribution in [3.63, 3.8) is 0 Å². The molecule has 0 aromatic heterocycles. The summed E-state index contributed by atoms with van der Waals surface area (Å²) < 4.78 is 0. The van der Waals surface area contributed by atoms with E-state index in [1.54, 1.807) is 48.5 Å². The van der Waals surface area contributed by atoms with Crippen LogP contribution in [0.4, 0.5) is 0 Å². The third-order valence-electron chi connectivity index (χ3n) is 2.26. The van der Waals surface area contributed by atoms with Crippen molar-refractivity contribution in [1.29, 1.82) is 0 Å². The minimum atomic E-state index is -0.434. The molecule has 0 saturated carbocycles. The van der Waals surface area contributed by atoms with Gasteiger partial charge in [0.25, 0.3) is 0 Å². The van der Waals surface area contributed by atoms with Crippen molar-refractivity contribution in [1.82, 2.24) is 0 Å². The molecule has 21 heavy (non-hydrogen) atoms. The molecule has 2 amide bonds. The predicted octanol–water partition coefficient (Wildman–Crippen LogP) is 3.30. The van der Waals surface area contributed by atoms with E-state index in [0.29, 0.717) is 21.2 Å². The lowest BCUT2D eigenvalue weighted by Gasteiger charge is -1.92. The second kappa shape index (κ2) is 9.23. The Morgan fingerprint density at radius 1 is 0.667 bits per heavy atom. The lowest BCUT2D eigenvalue weighted by atomic mass is 10.2. The molecule has 0 aliphatic carbocycles. The molecule has 4 N–H and O–H groups in total. The van der Waals surface area contributed by atoms with Crippen molar-refractivity contribution in [3.8, 4) is 0 Å². The fourth-order valence-corrected chi connectivity index (χ4v) is 1.48. The van der Waals surface area contributed by atoms with E-state index >= 15 is 0 Å². The monoisotopic (exact) mass is 346 g/mol. The van der Waals surface area contributed by atoms with Crippen LogP contribution < -0.4 is 11.5 Å². The average molecular weight is 348 g/mol. The van der Waals surface area contributed by atoms with E-state index in [9.17, 15) is 9.59 Å². The summed E-state index contributed by atoms with van der Waals surface area (Å²) in [5.41, 5.74) is 10.9. The van der Waals surface area contributed by atoms with Crippen molar-refractivity contribution in [2.24, 2.45) is 11.5 Å². The SMILES string of the molecule is Cl.NC(=O)c1ccc(Cl)cc1.NC(=O)c1ccc(Cl)cc1. The van der Waals surface area contributed by atoms with Crippen LogP contribution in [0.2, 0.25) is 10.0 Å². The molecule has 2 rings (SSSR count). The summed E-state index contributed by atoms with van der Waals surface area (Å²) in [5, 5.41) is 1.20. The maximum absolute atomic E-state index is 10.5. The molecule has 0 aliphatic rings. The van der Waals surface area contributed by atoms with Gasteiger partial charge in [-0.1, -0.05) is 23.2 Å². The number of carbonyl (C=O) groups is 2. The van der Waals surface area contributed by atoms with Crippen LogP contribution >= 0.6 is 35.6 Å². The molecule has 0 heterocycles. The zero-order valence-electron chi connectivity index (χ0n) is 10.8. The fourth-order valence-electron chi connectivity index (χ4n) is 1.23. The minimum absolute atomic E-state index is 0. The molecule has 2 aromatic rings. The standard InChI is InChI=1S/2C7H6ClNO.ClH/c2*8-6-3-1-5(2-4-6)7(9)10;/h2*1-4H,(H2,9,10);1H. The number of benzene rings is 2. The van der Waals surface area contributed by atoms with E-state index in [2.05, 4.69) is 0 Å². The summed E-state index contributed by atoms with van der Waals surface area (Å²) in [6.45, 7) is 0. The third-order valence-corrected chi connectivity index (χ3v) is 2.76. The zero-order chi connectivity index (χ0) is 15.1. The molecule has 0 saturated heterocycles. The first-order valence-corrected chi connectivity index (χ1v) is 6.26. The Bertz CT molecular complexity index is 543. The summed E-state index contributed by atoms with van der Waals surface area (Å²) in [6.07, 6.45) is 0. The van der Waals surface area contributed by atoms with Crippen molar-refractivity contribution < 1.29 is 9.59 Å². The van der Waals surface area contributed by atoms with Crippen LogP contribution in [0.1, 0.15) is 20.7 Å². The highest BCUT2D eigenvalue weighted by Gasteiger charge is 1.97. The van der Waals surface area contributed by atoms with Crippen LogP contribution in [0.3, 0.4) is 0 Å². The fraction of sp³-hybridized carbons (Fsp3) is 0. The molecular formula is C14H13Cl3N2O2. The summed E-state index contributed by atoms with van der Waals surface area (Å²) in [4.78, 5) is 21.0. The second-order valence-electron chi connectivity index (χ2n) is 3.74. The van der Waals surface area contributed by atoms with Gasteiger partial charge in [-0.15, -0.1) is 12.4 Å². The van der Waals surface area contributed by atoms with E-state index in [1.807, 2.05) is 0 Å². The summed E-state index contributed by atoms with van der Waals surface area (Å²) in [5.74, 6) is -0.867. The van der Waals surface area contributed by atoms with Gasteiger partial charge in [-0.25, -0.2) is 0 Å². The van der Waals surface area contributed by atoms with Crippen LogP contribution in [0.25, 0.3) is 0 Å². The summed E-state index contributed by atoms with van der Waals surface area (Å²) in [6, 6.07) is 12.9. The number of amides is 2. The van der Waals surface area contributed by atoms with Gasteiger partial charge < -0.3 is 11.5 Å². The quantitative estimate of drug-likeness (QED) is 0.873. The number of primary amides is 2. The van der Waals surface area contributed by atoms with Gasteiger partial charge >= 0.3 is 0 Å². The maximum Gasteiger partial charge on any atom is 0.248 e. The van der Waals surface area contributed by atoms with Crippen LogP contribution in [-0.4, -0.2) is 11.8 Å². The van der Waals surface area contributed by atoms with Crippen LogP contribution in [-0.2, 0) is 0 Å². The average Bonchev–Trinajstić information content (AvgIpc) is 2.40. The highest BCUT2D eigenvalue weighted by Crippen LogP contribution is 2.09. The molecule has 2 aromatic carbocycles. The minimum Gasteiger partial charge on any atom is -0.366 e. The Balaban J connectivity index is 0.000000364. The second-order valence-corrected chi connectivity index (χ2v) is 4.62. The highest BCUT2D eigenvalue weighted by molar-refractivity contribution is 6.31. The molecule has 112 valence electrons. The number of rotatable bonds is 2. The van der Waals surface area contributed by atoms with Gasteiger partial charge in [0, 0.05) is 21.2 Å². The lowest BCUT2D eigenvalue weighted by Crippen LogP contribution is -2.10. The van der Waals surface area contributed by atoms with Gasteiger partial charge in [0.2, 0.25) is 11.8 Å². The smallest absolute Gasteiger partial charge is 0.248 e. The Morgan fingerprint density at radius 3 is 1.10 bits per heavy atom. The summed E-state index contributed by atoms with van der Waals surface area (Å²) >= 11 is 11.1. The van der Waals surface area contributed by atoms with E-state index in [0.717, 1.165) is 0 Å². The van der Waals surface area contributed by atoms with E-state index in [4.69, 9.17) is 34.7 Å². The van der Waals surface area contributed by atoms with E-state index in [-0.39, 0.29) is 12.4 Å². The number of hydrogen-bond donors (Lipinski definition) is 2. The lowest BCUT2D eigenvalue weighted by molar-refractivity contribution is 0.0992. The first-order valence-electron chi connectivity index (χ1n) is 5.51. The molecule has 0 radical (unpaired) electrons. The van der Waals surface area contributed by atoms with Gasteiger partial charge in [-0.05, 0) is 48.5 Å². The normalized spacial score (nSPS) is 8.86. The summed E-state index contributed by atoms with van der Waals surface area (Å²) in [7, 11) is 0. The zero-order valence-corrected chi connectivity index (χ0v) is 13.1. The number of halogens is 3. The van der Waals surface area contributed by atoms with Gasteiger partial charge in [0.05, 0.1) is 0 Å². The Morgan fingerprint density at radius 2 is 0.905 bits per heavy atom. The number of hydrogen-bond acceptors (Lipinski definition) is 2. The molecule has 7 heteroatoms. The molecule has 0 spiro atoms. The van der Waals surface area contributed by atoms with E-state index < -0.39 is 11.8 Å². The topological polar surface area (TPSA) is 86.2 Å². The highest BCUT2D eigenvalue weighted by atomic mass is 35.5. The van der Waals surface area contributed by atoms with Gasteiger partial charge in [0.15, 0.2) is 0 Å². The van der Waals surface area contributed by atoms with Crippen molar-refractivity contribution >= 4 is 47.4 Å². The predicted molar refractivity (Wildman–Crippen MR) is 87.2 cm³/mol. The van der Waals surface area contributed by atoms with Crippen molar-refractivity contribution in [2.75, 3.05) is 0 Å². The first kappa shape index (κ1) is 19.2. The van der Waals surface area contributed by atoms with E-state index in [1.165, 1.54) is 0 Å². The number of carbonyl (C=O) groups excluding carboxylic acids is 2. The molecule has 0 unspecified atom stereocenters. The molecule has 0 bridgehead atoms. The van der Waals surface area contributed by atoms with Gasteiger partial charge in [0.1, 0.15) is 0 Å². The molecular weight excluding hydrogens is 335 g/mol. The molecule has 0 atom stereocenters. The van der Waals surface area contributed by atoms with Crippen molar-refractivity contribution in [3.05, 3.63) is 69.7 Å². The Hall–Kier alpha value is -1.75. The molecule has 0 fully saturated rings. The Kier molecular flexibility index (Phi) is 8.47. The van der Waals surface area contributed by atoms with Crippen molar-refractivity contribution in [2.45, 2.75) is 0 Å². The van der Waals surface area contributed by atoms with Crippen LogP contribution in [0.15, 0.2) is 48.5 Å². The third kappa shape index (κ3) is 6.99. The largest absolute Gasteiger partial charge is 0.366 e. The van der Waals surface area contributed by atoms with Gasteiger partial charge in [-0.3, -0.25) is 9.59 Å². The Labute approximate surface area is 138 Å². The van der Waals surface area contributed by atoms with Gasteiger partial charge in [-0.2, -0.15) is 0 Å². The van der Waals surface area contributed by atoms with Crippen LogP contribution in [0.5, 0.6) is 0 Å². The van der Waals surface area contributed by atoms with Crippen LogP contribution in [0, 0.1) is 0 Å². The maximum atomic E-state index is 10.5. The number of nitrogens with two attached hydrogens (primary N) is 2. The molecule has 0 aliphatic heterocycles.